The average Bonchev–Trinajstić information content (AvgIpc) is 3.27. The van der Waals surface area contributed by atoms with Crippen LogP contribution in [0.2, 0.25) is 0 Å². The van der Waals surface area contributed by atoms with Gasteiger partial charge >= 0.3 is 5.97 Å². The molecule has 0 aliphatic carbocycles. The smallest absolute Gasteiger partial charge is 0.316 e. The highest BCUT2D eigenvalue weighted by atomic mass is 32.2. The Balaban J connectivity index is 1.20. The molecule has 0 atom stereocenters. The Morgan fingerprint density at radius 1 is 0.938 bits per heavy atom. The van der Waals surface area contributed by atoms with Crippen molar-refractivity contribution in [2.24, 2.45) is 0 Å². The van der Waals surface area contributed by atoms with Gasteiger partial charge in [0.2, 0.25) is 5.13 Å². The molecule has 0 saturated heterocycles. The van der Waals surface area contributed by atoms with Gasteiger partial charge in [-0.3, -0.25) is 14.9 Å². The van der Waals surface area contributed by atoms with Crippen molar-refractivity contribution in [3.8, 4) is 5.75 Å². The lowest BCUT2D eigenvalue weighted by molar-refractivity contribution is -0.141. The monoisotopic (exact) mass is 465 g/mol. The van der Waals surface area contributed by atoms with Crippen molar-refractivity contribution in [1.29, 1.82) is 0 Å². The van der Waals surface area contributed by atoms with Gasteiger partial charge in [-0.1, -0.05) is 83.8 Å². The number of nitrogens with zero attached hydrogens (tertiary/aromatic N) is 2. The summed E-state index contributed by atoms with van der Waals surface area (Å²) < 4.78 is 11.4. The van der Waals surface area contributed by atoms with Crippen LogP contribution in [-0.4, -0.2) is 34.4 Å². The average molecular weight is 466 g/mol. The maximum absolute atomic E-state index is 12.2. The lowest BCUT2D eigenvalue weighted by Gasteiger charge is -2.06. The van der Waals surface area contributed by atoms with Crippen LogP contribution in [0.25, 0.3) is 10.8 Å². The van der Waals surface area contributed by atoms with Crippen molar-refractivity contribution in [1.82, 2.24) is 10.2 Å². The zero-order valence-electron chi connectivity index (χ0n) is 16.9. The summed E-state index contributed by atoms with van der Waals surface area (Å²) in [6, 6.07) is 23.1. The maximum Gasteiger partial charge on any atom is 0.316 e. The van der Waals surface area contributed by atoms with Gasteiger partial charge in [0, 0.05) is 0 Å². The number of benzene rings is 3. The molecule has 0 aliphatic heterocycles. The molecule has 0 radical (unpaired) electrons. The van der Waals surface area contributed by atoms with Crippen LogP contribution in [0.5, 0.6) is 5.75 Å². The van der Waals surface area contributed by atoms with E-state index in [1.165, 1.54) is 23.1 Å². The van der Waals surface area contributed by atoms with Crippen LogP contribution in [-0.2, 0) is 20.9 Å². The Kier molecular flexibility index (Phi) is 7.31. The first-order valence-electron chi connectivity index (χ1n) is 9.73. The van der Waals surface area contributed by atoms with Gasteiger partial charge in [0.05, 0.1) is 5.75 Å². The molecule has 1 N–H and O–H groups in total. The van der Waals surface area contributed by atoms with E-state index in [-0.39, 0.29) is 30.8 Å². The molecular formula is C23H19N3O4S2. The number of ether oxygens (including phenoxy) is 2. The van der Waals surface area contributed by atoms with Crippen molar-refractivity contribution in [3.05, 3.63) is 78.4 Å². The van der Waals surface area contributed by atoms with E-state index in [0.717, 1.165) is 16.3 Å². The van der Waals surface area contributed by atoms with E-state index < -0.39 is 0 Å². The predicted octanol–water partition coefficient (Wildman–Crippen LogP) is 4.54. The number of hydrogen-bond acceptors (Lipinski definition) is 8. The van der Waals surface area contributed by atoms with E-state index in [1.54, 1.807) is 0 Å². The summed E-state index contributed by atoms with van der Waals surface area (Å²) >= 11 is 2.40. The van der Waals surface area contributed by atoms with Crippen LogP contribution in [0.3, 0.4) is 0 Å². The minimum absolute atomic E-state index is 0.112. The largest absolute Gasteiger partial charge is 0.484 e. The number of carbonyl (C=O) groups excluding carboxylic acids is 2. The molecule has 1 amide bonds. The molecule has 0 bridgehead atoms. The van der Waals surface area contributed by atoms with Crippen LogP contribution in [0.1, 0.15) is 5.56 Å². The third-order valence-corrected chi connectivity index (χ3v) is 6.25. The predicted molar refractivity (Wildman–Crippen MR) is 125 cm³/mol. The van der Waals surface area contributed by atoms with Crippen molar-refractivity contribution in [2.75, 3.05) is 17.7 Å². The van der Waals surface area contributed by atoms with Gasteiger partial charge in [0.25, 0.3) is 5.91 Å². The summed E-state index contributed by atoms with van der Waals surface area (Å²) in [6.07, 6.45) is 0. The fourth-order valence-corrected chi connectivity index (χ4v) is 4.35. The Bertz CT molecular complexity index is 1210. The highest BCUT2D eigenvalue weighted by Gasteiger charge is 2.12. The quantitative estimate of drug-likeness (QED) is 0.220. The highest BCUT2D eigenvalue weighted by Crippen LogP contribution is 2.26. The topological polar surface area (TPSA) is 90.4 Å². The number of anilines is 1. The number of amides is 1. The van der Waals surface area contributed by atoms with Crippen LogP contribution in [0.4, 0.5) is 5.13 Å². The molecule has 7 nitrogen and oxygen atoms in total. The molecule has 4 aromatic rings. The molecule has 3 aromatic carbocycles. The van der Waals surface area contributed by atoms with E-state index in [4.69, 9.17) is 9.47 Å². The van der Waals surface area contributed by atoms with E-state index >= 15 is 0 Å². The van der Waals surface area contributed by atoms with Gasteiger partial charge in [-0.2, -0.15) is 0 Å². The van der Waals surface area contributed by atoms with Gasteiger partial charge in [-0.05, 0) is 28.5 Å². The first-order valence-corrected chi connectivity index (χ1v) is 11.5. The molecule has 9 heteroatoms. The fraction of sp³-hybridized carbons (Fsp3) is 0.130. The van der Waals surface area contributed by atoms with E-state index in [0.29, 0.717) is 15.2 Å². The zero-order chi connectivity index (χ0) is 22.2. The van der Waals surface area contributed by atoms with Crippen LogP contribution in [0, 0.1) is 0 Å². The number of aromatic nitrogens is 2. The maximum atomic E-state index is 12.2. The Morgan fingerprint density at radius 2 is 1.72 bits per heavy atom. The summed E-state index contributed by atoms with van der Waals surface area (Å²) in [5.74, 6) is 0.0402. The molecular weight excluding hydrogens is 446 g/mol. The van der Waals surface area contributed by atoms with Gasteiger partial charge in [-0.15, -0.1) is 10.2 Å². The van der Waals surface area contributed by atoms with Crippen molar-refractivity contribution in [2.45, 2.75) is 10.9 Å². The molecule has 0 saturated carbocycles. The second kappa shape index (κ2) is 10.7. The van der Waals surface area contributed by atoms with Gasteiger partial charge in [0.15, 0.2) is 10.9 Å². The molecule has 0 aliphatic rings. The van der Waals surface area contributed by atoms with Crippen molar-refractivity contribution in [3.63, 3.8) is 0 Å². The third kappa shape index (κ3) is 6.29. The number of hydrogen-bond donors (Lipinski definition) is 1. The Hall–Kier alpha value is -3.43. The number of esters is 1. The van der Waals surface area contributed by atoms with E-state index in [9.17, 15) is 9.59 Å². The van der Waals surface area contributed by atoms with Crippen LogP contribution in [0.15, 0.2) is 77.1 Å². The number of nitrogens with one attached hydrogen (secondary N) is 1. The second-order valence-corrected chi connectivity index (χ2v) is 8.85. The Morgan fingerprint density at radius 3 is 2.56 bits per heavy atom. The van der Waals surface area contributed by atoms with Gasteiger partial charge in [-0.25, -0.2) is 0 Å². The molecule has 0 spiro atoms. The third-order valence-electron chi connectivity index (χ3n) is 4.30. The molecule has 0 fully saturated rings. The van der Waals surface area contributed by atoms with Crippen molar-refractivity contribution < 1.29 is 19.1 Å². The first kappa shape index (κ1) is 21.8. The summed E-state index contributed by atoms with van der Waals surface area (Å²) in [4.78, 5) is 24.1. The van der Waals surface area contributed by atoms with Gasteiger partial charge < -0.3 is 9.47 Å². The number of thioether (sulfide) groups is 1. The molecule has 1 aromatic heterocycles. The lowest BCUT2D eigenvalue weighted by Crippen LogP contribution is -2.20. The number of fused-ring (bicyclic) bond motifs is 1. The summed E-state index contributed by atoms with van der Waals surface area (Å²) in [5, 5.41) is 13.1. The normalized spacial score (nSPS) is 10.6. The fourth-order valence-electron chi connectivity index (χ4n) is 2.78. The summed E-state index contributed by atoms with van der Waals surface area (Å²) in [6.45, 7) is 0.0844. The summed E-state index contributed by atoms with van der Waals surface area (Å²) in [5.41, 5.74) is 0.928. The zero-order valence-corrected chi connectivity index (χ0v) is 18.5. The highest BCUT2D eigenvalue weighted by molar-refractivity contribution is 8.01. The minimum atomic E-state index is -0.344. The van der Waals surface area contributed by atoms with Gasteiger partial charge in [0.1, 0.15) is 12.4 Å². The summed E-state index contributed by atoms with van der Waals surface area (Å²) in [7, 11) is 0. The van der Waals surface area contributed by atoms with Crippen molar-refractivity contribution >= 4 is 50.9 Å². The molecule has 1 heterocycles. The molecule has 4 rings (SSSR count). The van der Waals surface area contributed by atoms with E-state index in [2.05, 4.69) is 15.5 Å². The number of rotatable bonds is 9. The minimum Gasteiger partial charge on any atom is -0.484 e. The standard InChI is InChI=1S/C23H19N3O4S2/c27-20(14-29-19-11-10-17-8-4-5-9-18(17)12-19)24-22-25-26-23(32-22)31-15-21(28)30-13-16-6-2-1-3-7-16/h1-12H,13-15H2,(H,24,25,27). The lowest BCUT2D eigenvalue weighted by atomic mass is 10.1. The van der Waals surface area contributed by atoms with Crippen LogP contribution >= 0.6 is 23.1 Å². The Labute approximate surface area is 192 Å². The molecule has 0 unspecified atom stereocenters. The molecule has 162 valence electrons. The number of carbonyl (C=O) groups is 2. The molecule has 32 heavy (non-hydrogen) atoms. The first-order chi connectivity index (χ1) is 15.7. The SMILES string of the molecule is O=C(COc1ccc2ccccc2c1)Nc1nnc(SCC(=O)OCc2ccccc2)s1. The second-order valence-electron chi connectivity index (χ2n) is 6.65. The van der Waals surface area contributed by atoms with Crippen LogP contribution < -0.4 is 10.1 Å². The van der Waals surface area contributed by atoms with E-state index in [1.807, 2.05) is 72.8 Å².